The Morgan fingerprint density at radius 3 is 2.51 bits per heavy atom. The Labute approximate surface area is 241 Å². The monoisotopic (exact) mass is 654 g/mol. The molecule has 1 aliphatic rings. The van der Waals surface area contributed by atoms with E-state index in [0.717, 1.165) is 5.56 Å². The summed E-state index contributed by atoms with van der Waals surface area (Å²) in [5.41, 5.74) is 1.77. The smallest absolute Gasteiger partial charge is 0.247 e. The van der Waals surface area contributed by atoms with Crippen molar-refractivity contribution in [2.75, 3.05) is 40.5 Å². The standard InChI is InChI=1S/C28H35IN2O8/c1-37-11-9-31(25(34)14-18-6-4-3-5-7-18)22-15-20(28(36)30-8-10-32)16-23(26(22)35)39-27-21(29)12-19(17-33)13-24(27)38-2/h3-7,12-13,16,22-23,26,32-33,35H,8-11,14-15,17H2,1-2H3,(H,30,36). The van der Waals surface area contributed by atoms with Gasteiger partial charge in [0.2, 0.25) is 11.8 Å². The Kier molecular flexibility index (Phi) is 12.0. The number of aliphatic hydroxyl groups is 3. The van der Waals surface area contributed by atoms with Gasteiger partial charge in [-0.3, -0.25) is 9.59 Å². The number of hydrogen-bond donors (Lipinski definition) is 4. The van der Waals surface area contributed by atoms with E-state index in [2.05, 4.69) is 27.9 Å². The summed E-state index contributed by atoms with van der Waals surface area (Å²) < 4.78 is 17.6. The SMILES string of the molecule is COCCN(C(=O)Cc1ccccc1)C1CC(C(=O)NCCO)=CC(Oc2c(I)cc(CO)cc2OC)C1O. The summed E-state index contributed by atoms with van der Waals surface area (Å²) in [6.45, 7) is 0.0815. The van der Waals surface area contributed by atoms with Crippen LogP contribution in [0.5, 0.6) is 11.5 Å². The number of methoxy groups -OCH3 is 2. The maximum absolute atomic E-state index is 13.5. The summed E-state index contributed by atoms with van der Waals surface area (Å²) in [4.78, 5) is 28.0. The molecule has 10 nitrogen and oxygen atoms in total. The van der Waals surface area contributed by atoms with Gasteiger partial charge in [0.05, 0.1) is 43.0 Å². The van der Waals surface area contributed by atoms with Crippen molar-refractivity contribution in [2.24, 2.45) is 0 Å². The second-order valence-corrected chi connectivity index (χ2v) is 10.2. The molecule has 39 heavy (non-hydrogen) atoms. The van der Waals surface area contributed by atoms with Crippen LogP contribution in [0.1, 0.15) is 17.5 Å². The molecule has 3 unspecified atom stereocenters. The lowest BCUT2D eigenvalue weighted by Gasteiger charge is -2.40. The normalized spacial score (nSPS) is 18.7. The molecule has 0 radical (unpaired) electrons. The first-order valence-electron chi connectivity index (χ1n) is 12.6. The van der Waals surface area contributed by atoms with Gasteiger partial charge in [-0.05, 0) is 51.9 Å². The molecule has 0 fully saturated rings. The highest BCUT2D eigenvalue weighted by atomic mass is 127. The molecule has 2 amide bonds. The van der Waals surface area contributed by atoms with E-state index in [0.29, 0.717) is 26.2 Å². The van der Waals surface area contributed by atoms with Crippen molar-refractivity contribution < 1.29 is 39.1 Å². The molecule has 3 rings (SSSR count). The molecule has 0 spiro atoms. The van der Waals surface area contributed by atoms with Gasteiger partial charge in [-0.1, -0.05) is 30.3 Å². The van der Waals surface area contributed by atoms with E-state index in [1.807, 2.05) is 30.3 Å². The van der Waals surface area contributed by atoms with Crippen molar-refractivity contribution in [3.8, 4) is 11.5 Å². The summed E-state index contributed by atoms with van der Waals surface area (Å²) in [5.74, 6) is 0.0494. The molecular weight excluding hydrogens is 619 g/mol. The highest BCUT2D eigenvalue weighted by molar-refractivity contribution is 14.1. The van der Waals surface area contributed by atoms with Gasteiger partial charge in [-0.2, -0.15) is 0 Å². The Morgan fingerprint density at radius 1 is 1.13 bits per heavy atom. The molecule has 0 aliphatic heterocycles. The summed E-state index contributed by atoms with van der Waals surface area (Å²) in [6, 6.07) is 11.9. The second-order valence-electron chi connectivity index (χ2n) is 9.03. The average molecular weight is 654 g/mol. The van der Waals surface area contributed by atoms with E-state index in [-0.39, 0.29) is 51.7 Å². The fraction of sp³-hybridized carbons (Fsp3) is 0.429. The summed E-state index contributed by atoms with van der Waals surface area (Å²) in [6.07, 6.45) is -0.451. The molecule has 0 saturated heterocycles. The molecule has 212 valence electrons. The van der Waals surface area contributed by atoms with Gasteiger partial charge in [0.15, 0.2) is 11.5 Å². The van der Waals surface area contributed by atoms with E-state index in [1.54, 1.807) is 23.1 Å². The Balaban J connectivity index is 1.98. The van der Waals surface area contributed by atoms with Crippen LogP contribution in [0.2, 0.25) is 0 Å². The average Bonchev–Trinajstić information content (AvgIpc) is 2.94. The molecular formula is C28H35IN2O8. The Hall–Kier alpha value is -2.71. The minimum Gasteiger partial charge on any atom is -0.493 e. The maximum atomic E-state index is 13.5. The molecule has 0 heterocycles. The zero-order valence-electron chi connectivity index (χ0n) is 22.0. The molecule has 1 aliphatic carbocycles. The van der Waals surface area contributed by atoms with Gasteiger partial charge < -0.3 is 39.7 Å². The van der Waals surface area contributed by atoms with Gasteiger partial charge in [-0.25, -0.2) is 0 Å². The number of halogens is 1. The van der Waals surface area contributed by atoms with Crippen LogP contribution >= 0.6 is 22.6 Å². The minimum atomic E-state index is -1.19. The zero-order valence-corrected chi connectivity index (χ0v) is 24.2. The highest BCUT2D eigenvalue weighted by Gasteiger charge is 2.40. The molecule has 0 saturated carbocycles. The molecule has 2 aromatic carbocycles. The third-order valence-electron chi connectivity index (χ3n) is 6.40. The summed E-state index contributed by atoms with van der Waals surface area (Å²) in [5, 5.41) is 32.9. The lowest BCUT2D eigenvalue weighted by atomic mass is 9.87. The zero-order chi connectivity index (χ0) is 28.4. The number of nitrogens with one attached hydrogen (secondary N) is 1. The fourth-order valence-electron chi connectivity index (χ4n) is 4.43. The number of carbonyl (C=O) groups is 2. The first-order valence-corrected chi connectivity index (χ1v) is 13.6. The third-order valence-corrected chi connectivity index (χ3v) is 7.20. The molecule has 11 heteroatoms. The largest absolute Gasteiger partial charge is 0.493 e. The number of hydrogen-bond acceptors (Lipinski definition) is 8. The first-order chi connectivity index (χ1) is 18.8. The van der Waals surface area contributed by atoms with Crippen molar-refractivity contribution >= 4 is 34.4 Å². The summed E-state index contributed by atoms with van der Waals surface area (Å²) in [7, 11) is 3.00. The Bertz CT molecular complexity index is 1140. The van der Waals surface area contributed by atoms with Crippen LogP contribution < -0.4 is 14.8 Å². The molecule has 2 aromatic rings. The van der Waals surface area contributed by atoms with Crippen LogP contribution in [0.4, 0.5) is 0 Å². The number of ether oxygens (including phenoxy) is 3. The van der Waals surface area contributed by atoms with Gasteiger partial charge >= 0.3 is 0 Å². The van der Waals surface area contributed by atoms with Crippen LogP contribution in [0.25, 0.3) is 0 Å². The van der Waals surface area contributed by atoms with Crippen LogP contribution in [0.3, 0.4) is 0 Å². The number of carbonyl (C=O) groups excluding carboxylic acids is 2. The van der Waals surface area contributed by atoms with Crippen LogP contribution in [-0.4, -0.2) is 90.8 Å². The highest BCUT2D eigenvalue weighted by Crippen LogP contribution is 2.37. The van der Waals surface area contributed by atoms with E-state index in [4.69, 9.17) is 14.2 Å². The van der Waals surface area contributed by atoms with Crippen molar-refractivity contribution in [1.82, 2.24) is 10.2 Å². The molecule has 3 atom stereocenters. The molecule has 4 N–H and O–H groups in total. The van der Waals surface area contributed by atoms with Crippen LogP contribution in [0, 0.1) is 3.57 Å². The molecule has 0 aromatic heterocycles. The van der Waals surface area contributed by atoms with E-state index in [9.17, 15) is 24.9 Å². The second kappa shape index (κ2) is 15.2. The van der Waals surface area contributed by atoms with Gasteiger partial charge in [-0.15, -0.1) is 0 Å². The van der Waals surface area contributed by atoms with Crippen molar-refractivity contribution in [3.63, 3.8) is 0 Å². The first kappa shape index (κ1) is 30.8. The number of amides is 2. The Morgan fingerprint density at radius 2 is 1.87 bits per heavy atom. The van der Waals surface area contributed by atoms with Crippen molar-refractivity contribution in [1.29, 1.82) is 0 Å². The predicted molar refractivity (Wildman–Crippen MR) is 152 cm³/mol. The molecule has 0 bridgehead atoms. The van der Waals surface area contributed by atoms with Crippen molar-refractivity contribution in [2.45, 2.75) is 37.7 Å². The number of benzene rings is 2. The third kappa shape index (κ3) is 8.15. The minimum absolute atomic E-state index is 0.0591. The number of rotatable bonds is 13. The van der Waals surface area contributed by atoms with E-state index in [1.165, 1.54) is 14.2 Å². The maximum Gasteiger partial charge on any atom is 0.247 e. The lowest BCUT2D eigenvalue weighted by Crippen LogP contribution is -2.56. The number of aliphatic hydroxyl groups excluding tert-OH is 3. The topological polar surface area (TPSA) is 138 Å². The van der Waals surface area contributed by atoms with Gasteiger partial charge in [0, 0.05) is 32.2 Å². The van der Waals surface area contributed by atoms with Gasteiger partial charge in [0.1, 0.15) is 12.2 Å². The lowest BCUT2D eigenvalue weighted by molar-refractivity contribution is -0.138. The predicted octanol–water partition coefficient (Wildman–Crippen LogP) is 1.43. The van der Waals surface area contributed by atoms with Gasteiger partial charge in [0.25, 0.3) is 0 Å². The summed E-state index contributed by atoms with van der Waals surface area (Å²) >= 11 is 2.05. The van der Waals surface area contributed by atoms with Crippen molar-refractivity contribution in [3.05, 3.63) is 68.8 Å². The fourth-order valence-corrected chi connectivity index (χ4v) is 5.22. The number of nitrogens with zero attached hydrogens (tertiary/aromatic N) is 1. The van der Waals surface area contributed by atoms with E-state index < -0.39 is 24.2 Å². The van der Waals surface area contributed by atoms with Crippen LogP contribution in [-0.2, 0) is 27.4 Å². The van der Waals surface area contributed by atoms with E-state index >= 15 is 0 Å². The van der Waals surface area contributed by atoms with Crippen LogP contribution in [0.15, 0.2) is 54.1 Å². The quantitative estimate of drug-likeness (QED) is 0.238.